The Kier molecular flexibility index (Phi) is 9.16. The fourth-order valence-electron chi connectivity index (χ4n) is 0.668. The van der Waals surface area contributed by atoms with Gasteiger partial charge in [-0.15, -0.1) is 0 Å². The van der Waals surface area contributed by atoms with Crippen molar-refractivity contribution in [3.05, 3.63) is 0 Å². The summed E-state index contributed by atoms with van der Waals surface area (Å²) in [6, 6.07) is -0.769. The molecule has 0 aromatic rings. The lowest BCUT2D eigenvalue weighted by atomic mass is 10.3. The summed E-state index contributed by atoms with van der Waals surface area (Å²) in [6.07, 6.45) is -1.54. The van der Waals surface area contributed by atoms with Crippen LogP contribution >= 0.6 is 0 Å². The van der Waals surface area contributed by atoms with E-state index in [-0.39, 0.29) is 6.61 Å². The fourth-order valence-corrected chi connectivity index (χ4v) is 0.668. The van der Waals surface area contributed by atoms with Gasteiger partial charge in [0.1, 0.15) is 0 Å². The molecule has 0 radical (unpaired) electrons. The highest BCUT2D eigenvalue weighted by atomic mass is 16.5. The van der Waals surface area contributed by atoms with Gasteiger partial charge >= 0.3 is 0 Å². The molecule has 86 valence electrons. The van der Waals surface area contributed by atoms with Crippen molar-refractivity contribution < 1.29 is 24.4 Å². The number of hydrogen-bond donors (Lipinski definition) is 3. The zero-order chi connectivity index (χ0) is 10.8. The quantitative estimate of drug-likeness (QED) is 0.310. The number of aliphatic hydroxyl groups is 2. The van der Waals surface area contributed by atoms with Gasteiger partial charge in [0, 0.05) is 7.11 Å². The van der Waals surface area contributed by atoms with Crippen molar-refractivity contribution in [2.45, 2.75) is 12.3 Å². The molecular weight excluding hydrogens is 190 g/mol. The minimum absolute atomic E-state index is 0.102. The Bertz CT molecular complexity index is 122. The molecule has 0 aromatic carbocycles. The van der Waals surface area contributed by atoms with Gasteiger partial charge in [-0.05, 0) is 0 Å². The molecule has 0 aliphatic heterocycles. The molecule has 6 nitrogen and oxygen atoms in total. The van der Waals surface area contributed by atoms with Crippen molar-refractivity contribution in [1.29, 1.82) is 0 Å². The molecule has 0 rings (SSSR count). The van der Waals surface area contributed by atoms with Crippen LogP contribution in [0.15, 0.2) is 0 Å². The van der Waals surface area contributed by atoms with E-state index in [1.807, 2.05) is 0 Å². The zero-order valence-corrected chi connectivity index (χ0v) is 8.39. The molecule has 0 unspecified atom stereocenters. The van der Waals surface area contributed by atoms with Crippen molar-refractivity contribution in [3.8, 4) is 0 Å². The Balaban J connectivity index is 3.06. The van der Waals surface area contributed by atoms with E-state index in [1.54, 1.807) is 7.11 Å². The SMILES string of the molecule is COCCOCCOC[C@H](N)C(O)O. The van der Waals surface area contributed by atoms with Crippen LogP contribution in [0.25, 0.3) is 0 Å². The largest absolute Gasteiger partial charge is 0.382 e. The van der Waals surface area contributed by atoms with Crippen LogP contribution in [0.1, 0.15) is 0 Å². The van der Waals surface area contributed by atoms with Crippen LogP contribution in [-0.2, 0) is 14.2 Å². The van der Waals surface area contributed by atoms with E-state index in [4.69, 9.17) is 30.2 Å². The molecule has 0 fully saturated rings. The van der Waals surface area contributed by atoms with Crippen LogP contribution in [0.3, 0.4) is 0 Å². The monoisotopic (exact) mass is 209 g/mol. The Labute approximate surface area is 83.6 Å². The maximum atomic E-state index is 8.60. The fraction of sp³-hybridized carbons (Fsp3) is 1.00. The third-order valence-corrected chi connectivity index (χ3v) is 1.50. The van der Waals surface area contributed by atoms with Gasteiger partial charge in [-0.25, -0.2) is 0 Å². The van der Waals surface area contributed by atoms with Crippen LogP contribution < -0.4 is 5.73 Å². The average molecular weight is 209 g/mol. The minimum Gasteiger partial charge on any atom is -0.382 e. The number of ether oxygens (including phenoxy) is 3. The predicted molar refractivity (Wildman–Crippen MR) is 49.7 cm³/mol. The molecule has 14 heavy (non-hydrogen) atoms. The summed E-state index contributed by atoms with van der Waals surface area (Å²) in [6.45, 7) is 2.00. The second-order valence-electron chi connectivity index (χ2n) is 2.76. The average Bonchev–Trinajstić information content (AvgIpc) is 2.16. The number of hydrogen-bond acceptors (Lipinski definition) is 6. The normalized spacial score (nSPS) is 13.5. The first kappa shape index (κ1) is 13.8. The number of methoxy groups -OCH3 is 1. The van der Waals surface area contributed by atoms with Crippen LogP contribution in [0.2, 0.25) is 0 Å². The van der Waals surface area contributed by atoms with Crippen molar-refractivity contribution in [3.63, 3.8) is 0 Å². The lowest BCUT2D eigenvalue weighted by Gasteiger charge is -2.13. The van der Waals surface area contributed by atoms with Gasteiger partial charge in [0.2, 0.25) is 0 Å². The van der Waals surface area contributed by atoms with Crippen LogP contribution in [0.5, 0.6) is 0 Å². The summed E-state index contributed by atoms with van der Waals surface area (Å²) in [7, 11) is 1.60. The van der Waals surface area contributed by atoms with E-state index >= 15 is 0 Å². The number of aliphatic hydroxyl groups excluding tert-OH is 1. The standard InChI is InChI=1S/C8H19NO5/c1-12-2-3-13-4-5-14-6-7(9)8(10)11/h7-8,10-11H,2-6,9H2,1H3/t7-/m0/s1. The van der Waals surface area contributed by atoms with Gasteiger partial charge in [-0.1, -0.05) is 0 Å². The van der Waals surface area contributed by atoms with Gasteiger partial charge < -0.3 is 30.2 Å². The molecule has 0 saturated carbocycles. The minimum atomic E-state index is -1.54. The molecule has 4 N–H and O–H groups in total. The third kappa shape index (κ3) is 8.36. The predicted octanol–water partition coefficient (Wildman–Crippen LogP) is -1.70. The van der Waals surface area contributed by atoms with Crippen molar-refractivity contribution in [2.75, 3.05) is 40.1 Å². The van der Waals surface area contributed by atoms with E-state index in [0.717, 1.165) is 0 Å². The van der Waals surface area contributed by atoms with Crippen LogP contribution in [-0.4, -0.2) is 62.7 Å². The maximum Gasteiger partial charge on any atom is 0.169 e. The van der Waals surface area contributed by atoms with Gasteiger partial charge in [-0.3, -0.25) is 0 Å². The van der Waals surface area contributed by atoms with Gasteiger partial charge in [0.05, 0.1) is 39.1 Å². The molecule has 0 amide bonds. The number of rotatable bonds is 9. The smallest absolute Gasteiger partial charge is 0.169 e. The number of nitrogens with two attached hydrogens (primary N) is 1. The lowest BCUT2D eigenvalue weighted by molar-refractivity contribution is -0.0792. The van der Waals surface area contributed by atoms with Crippen molar-refractivity contribution >= 4 is 0 Å². The Hall–Kier alpha value is -0.240. The molecular formula is C8H19NO5. The van der Waals surface area contributed by atoms with E-state index in [2.05, 4.69) is 0 Å². The lowest BCUT2D eigenvalue weighted by Crippen LogP contribution is -2.38. The van der Waals surface area contributed by atoms with E-state index in [1.165, 1.54) is 0 Å². The Morgan fingerprint density at radius 3 is 2.21 bits per heavy atom. The molecule has 0 aromatic heterocycles. The second kappa shape index (κ2) is 9.32. The Morgan fingerprint density at radius 1 is 1.07 bits per heavy atom. The first-order valence-electron chi connectivity index (χ1n) is 4.44. The first-order valence-corrected chi connectivity index (χ1v) is 4.44. The van der Waals surface area contributed by atoms with Gasteiger partial charge in [-0.2, -0.15) is 0 Å². The molecule has 1 atom stereocenters. The molecule has 0 aliphatic rings. The third-order valence-electron chi connectivity index (χ3n) is 1.50. The second-order valence-corrected chi connectivity index (χ2v) is 2.76. The van der Waals surface area contributed by atoms with Crippen molar-refractivity contribution in [2.24, 2.45) is 5.73 Å². The summed E-state index contributed by atoms with van der Waals surface area (Å²) in [4.78, 5) is 0. The molecule has 0 heterocycles. The van der Waals surface area contributed by atoms with Gasteiger partial charge in [0.25, 0.3) is 0 Å². The highest BCUT2D eigenvalue weighted by Gasteiger charge is 2.10. The Morgan fingerprint density at radius 2 is 1.64 bits per heavy atom. The van der Waals surface area contributed by atoms with Crippen LogP contribution in [0, 0.1) is 0 Å². The first-order chi connectivity index (χ1) is 6.68. The van der Waals surface area contributed by atoms with Crippen LogP contribution in [0.4, 0.5) is 0 Å². The molecule has 0 aliphatic carbocycles. The van der Waals surface area contributed by atoms with E-state index in [0.29, 0.717) is 26.4 Å². The highest BCUT2D eigenvalue weighted by molar-refractivity contribution is 4.60. The highest BCUT2D eigenvalue weighted by Crippen LogP contribution is 1.87. The molecule has 6 heteroatoms. The van der Waals surface area contributed by atoms with Crippen molar-refractivity contribution in [1.82, 2.24) is 0 Å². The summed E-state index contributed by atoms with van der Waals surface area (Å²) >= 11 is 0. The van der Waals surface area contributed by atoms with E-state index < -0.39 is 12.3 Å². The maximum absolute atomic E-state index is 8.60. The topological polar surface area (TPSA) is 94.2 Å². The van der Waals surface area contributed by atoms with E-state index in [9.17, 15) is 0 Å². The zero-order valence-electron chi connectivity index (χ0n) is 8.39. The molecule has 0 saturated heterocycles. The summed E-state index contributed by atoms with van der Waals surface area (Å²) in [5.74, 6) is 0. The molecule has 0 spiro atoms. The van der Waals surface area contributed by atoms with Gasteiger partial charge in [0.15, 0.2) is 6.29 Å². The summed E-state index contributed by atoms with van der Waals surface area (Å²) < 4.78 is 14.9. The molecule has 0 bridgehead atoms. The summed E-state index contributed by atoms with van der Waals surface area (Å²) in [5.41, 5.74) is 5.29. The summed E-state index contributed by atoms with van der Waals surface area (Å²) in [5, 5.41) is 17.2.